The van der Waals surface area contributed by atoms with E-state index in [9.17, 15) is 5.11 Å². The summed E-state index contributed by atoms with van der Waals surface area (Å²) in [6.45, 7) is 5.64. The summed E-state index contributed by atoms with van der Waals surface area (Å²) in [4.78, 5) is 8.58. The zero-order chi connectivity index (χ0) is 15.5. The van der Waals surface area contributed by atoms with Gasteiger partial charge in [0.2, 0.25) is 0 Å². The number of ether oxygens (including phenoxy) is 1. The second-order valence-electron chi connectivity index (χ2n) is 5.57. The Balaban J connectivity index is 1.57. The van der Waals surface area contributed by atoms with E-state index in [1.165, 1.54) is 0 Å². The number of aromatic nitrogens is 3. The molecule has 1 saturated heterocycles. The first kappa shape index (κ1) is 14.9. The van der Waals surface area contributed by atoms with Crippen LogP contribution in [0.4, 0.5) is 0 Å². The molecule has 22 heavy (non-hydrogen) atoms. The van der Waals surface area contributed by atoms with Gasteiger partial charge in [-0.15, -0.1) is 0 Å². The normalized spacial score (nSPS) is 21.4. The molecule has 3 rings (SSSR count). The molecule has 1 aliphatic rings. The number of hydrogen-bond acceptors (Lipinski definition) is 7. The fourth-order valence-electron chi connectivity index (χ4n) is 2.65. The van der Waals surface area contributed by atoms with E-state index in [0.29, 0.717) is 30.6 Å². The van der Waals surface area contributed by atoms with Crippen molar-refractivity contribution < 1.29 is 14.4 Å². The Hall–Kier alpha value is -1.99. The first-order valence-corrected chi connectivity index (χ1v) is 7.41. The van der Waals surface area contributed by atoms with Gasteiger partial charge in [-0.3, -0.25) is 4.98 Å². The molecule has 2 aromatic rings. The van der Waals surface area contributed by atoms with Crippen molar-refractivity contribution in [2.45, 2.75) is 32.9 Å². The fourth-order valence-corrected chi connectivity index (χ4v) is 2.65. The van der Waals surface area contributed by atoms with Gasteiger partial charge in [-0.25, -0.2) is 0 Å². The van der Waals surface area contributed by atoms with Crippen LogP contribution < -0.4 is 5.32 Å². The van der Waals surface area contributed by atoms with Crippen molar-refractivity contribution >= 4 is 0 Å². The van der Waals surface area contributed by atoms with Gasteiger partial charge in [0.25, 0.3) is 5.89 Å². The Kier molecular flexibility index (Phi) is 4.35. The van der Waals surface area contributed by atoms with E-state index in [1.54, 1.807) is 19.1 Å². The van der Waals surface area contributed by atoms with Crippen molar-refractivity contribution in [1.82, 2.24) is 20.4 Å². The molecule has 2 atom stereocenters. The summed E-state index contributed by atoms with van der Waals surface area (Å²) in [6.07, 6.45) is 0.777. The zero-order valence-corrected chi connectivity index (χ0v) is 12.7. The lowest BCUT2D eigenvalue weighted by molar-refractivity contribution is 0.0623. The average Bonchev–Trinajstić information content (AvgIpc) is 3.11. The maximum absolute atomic E-state index is 9.80. The predicted molar refractivity (Wildman–Crippen MR) is 78.2 cm³/mol. The first-order chi connectivity index (χ1) is 10.6. The van der Waals surface area contributed by atoms with E-state index >= 15 is 0 Å². The summed E-state index contributed by atoms with van der Waals surface area (Å²) in [7, 11) is 0. The lowest BCUT2D eigenvalue weighted by Gasteiger charge is -2.15. The monoisotopic (exact) mass is 304 g/mol. The minimum Gasteiger partial charge on any atom is -0.506 e. The lowest BCUT2D eigenvalue weighted by atomic mass is 10.0. The molecule has 0 saturated carbocycles. The molecule has 118 valence electrons. The SMILES string of the molecule is Cc1ccc(O)c(CNC[C@@H]2CCO[C@@H]2c2nc(C)no2)n1. The molecule has 0 aromatic carbocycles. The van der Waals surface area contributed by atoms with E-state index in [4.69, 9.17) is 9.26 Å². The van der Waals surface area contributed by atoms with Crippen LogP contribution in [0.15, 0.2) is 16.7 Å². The number of aryl methyl sites for hydroxylation is 2. The molecule has 0 spiro atoms. The lowest BCUT2D eigenvalue weighted by Crippen LogP contribution is -2.25. The van der Waals surface area contributed by atoms with Crippen molar-refractivity contribution in [1.29, 1.82) is 0 Å². The maximum atomic E-state index is 9.80. The van der Waals surface area contributed by atoms with Crippen molar-refractivity contribution in [3.05, 3.63) is 35.2 Å². The molecule has 1 fully saturated rings. The highest BCUT2D eigenvalue weighted by Gasteiger charge is 2.33. The van der Waals surface area contributed by atoms with Gasteiger partial charge in [0, 0.05) is 31.3 Å². The highest BCUT2D eigenvalue weighted by Crippen LogP contribution is 2.33. The van der Waals surface area contributed by atoms with Crippen LogP contribution in [-0.4, -0.2) is 33.4 Å². The Morgan fingerprint density at radius 1 is 1.32 bits per heavy atom. The predicted octanol–water partition coefficient (Wildman–Crippen LogP) is 1.65. The number of aromatic hydroxyl groups is 1. The summed E-state index contributed by atoms with van der Waals surface area (Å²) in [5.74, 6) is 1.64. The molecule has 0 unspecified atom stereocenters. The molecule has 7 heteroatoms. The number of nitrogens with zero attached hydrogens (tertiary/aromatic N) is 3. The summed E-state index contributed by atoms with van der Waals surface area (Å²) < 4.78 is 10.9. The third-order valence-corrected chi connectivity index (χ3v) is 3.79. The molecular formula is C15H20N4O3. The molecule has 0 radical (unpaired) electrons. The van der Waals surface area contributed by atoms with Crippen molar-refractivity contribution in [3.8, 4) is 5.75 Å². The Bertz CT molecular complexity index is 643. The van der Waals surface area contributed by atoms with Crippen LogP contribution >= 0.6 is 0 Å². The molecule has 1 aliphatic heterocycles. The third kappa shape index (κ3) is 3.26. The second kappa shape index (κ2) is 6.41. The van der Waals surface area contributed by atoms with E-state index in [1.807, 2.05) is 6.92 Å². The number of hydrogen-bond donors (Lipinski definition) is 2. The highest BCUT2D eigenvalue weighted by molar-refractivity contribution is 5.27. The van der Waals surface area contributed by atoms with Gasteiger partial charge in [0.1, 0.15) is 11.9 Å². The number of nitrogens with one attached hydrogen (secondary N) is 1. The van der Waals surface area contributed by atoms with Gasteiger partial charge >= 0.3 is 0 Å². The van der Waals surface area contributed by atoms with E-state index in [2.05, 4.69) is 20.4 Å². The van der Waals surface area contributed by atoms with Gasteiger partial charge < -0.3 is 19.7 Å². The van der Waals surface area contributed by atoms with Crippen LogP contribution in [0, 0.1) is 19.8 Å². The van der Waals surface area contributed by atoms with Crippen LogP contribution in [0.25, 0.3) is 0 Å². The van der Waals surface area contributed by atoms with Gasteiger partial charge in [-0.2, -0.15) is 4.98 Å². The van der Waals surface area contributed by atoms with Crippen molar-refractivity contribution in [3.63, 3.8) is 0 Å². The molecule has 0 aliphatic carbocycles. The first-order valence-electron chi connectivity index (χ1n) is 7.41. The molecule has 2 N–H and O–H groups in total. The Morgan fingerprint density at radius 2 is 2.18 bits per heavy atom. The zero-order valence-electron chi connectivity index (χ0n) is 12.7. The van der Waals surface area contributed by atoms with Gasteiger partial charge in [0.15, 0.2) is 5.82 Å². The van der Waals surface area contributed by atoms with E-state index in [-0.39, 0.29) is 17.8 Å². The second-order valence-corrected chi connectivity index (χ2v) is 5.57. The van der Waals surface area contributed by atoms with Crippen LogP contribution in [0.5, 0.6) is 5.75 Å². The van der Waals surface area contributed by atoms with Crippen molar-refractivity contribution in [2.75, 3.05) is 13.2 Å². The van der Waals surface area contributed by atoms with Crippen LogP contribution in [0.1, 0.15) is 35.6 Å². The summed E-state index contributed by atoms with van der Waals surface area (Å²) >= 11 is 0. The number of rotatable bonds is 5. The van der Waals surface area contributed by atoms with Crippen LogP contribution in [0.3, 0.4) is 0 Å². The summed E-state index contributed by atoms with van der Waals surface area (Å²) in [6, 6.07) is 3.46. The van der Waals surface area contributed by atoms with Gasteiger partial charge in [-0.05, 0) is 32.4 Å². The molecule has 0 bridgehead atoms. The van der Waals surface area contributed by atoms with Gasteiger partial charge in [0.05, 0.1) is 5.69 Å². The minimum atomic E-state index is -0.159. The van der Waals surface area contributed by atoms with Gasteiger partial charge in [-0.1, -0.05) is 5.16 Å². The summed E-state index contributed by atoms with van der Waals surface area (Å²) in [5.41, 5.74) is 1.54. The minimum absolute atomic E-state index is 0.159. The van der Waals surface area contributed by atoms with Crippen LogP contribution in [-0.2, 0) is 11.3 Å². The fraction of sp³-hybridized carbons (Fsp3) is 0.533. The van der Waals surface area contributed by atoms with Crippen molar-refractivity contribution in [2.24, 2.45) is 5.92 Å². The van der Waals surface area contributed by atoms with Crippen LogP contribution in [0.2, 0.25) is 0 Å². The highest BCUT2D eigenvalue weighted by atomic mass is 16.5. The largest absolute Gasteiger partial charge is 0.506 e. The van der Waals surface area contributed by atoms with E-state index in [0.717, 1.165) is 18.7 Å². The topological polar surface area (TPSA) is 93.3 Å². The molecule has 3 heterocycles. The smallest absolute Gasteiger partial charge is 0.256 e. The molecule has 7 nitrogen and oxygen atoms in total. The third-order valence-electron chi connectivity index (χ3n) is 3.79. The maximum Gasteiger partial charge on any atom is 0.256 e. The molecular weight excluding hydrogens is 284 g/mol. The van der Waals surface area contributed by atoms with E-state index < -0.39 is 0 Å². The standard InChI is InChI=1S/C15H20N4O3/c1-9-3-4-13(20)12(17-9)8-16-7-11-5-6-21-14(11)15-18-10(2)19-22-15/h3-4,11,14,16,20H,5-8H2,1-2H3/t11-,14-/m0/s1. The molecule has 0 amide bonds. The quantitative estimate of drug-likeness (QED) is 0.867. The molecule has 2 aromatic heterocycles. The number of pyridine rings is 1. The average molecular weight is 304 g/mol. The Morgan fingerprint density at radius 3 is 2.95 bits per heavy atom. The summed E-state index contributed by atoms with van der Waals surface area (Å²) in [5, 5.41) is 16.9. The Labute approximate surface area is 128 Å².